The van der Waals surface area contributed by atoms with E-state index in [9.17, 15) is 9.59 Å². The molecule has 0 aliphatic heterocycles. The van der Waals surface area contributed by atoms with Crippen molar-refractivity contribution in [3.63, 3.8) is 0 Å². The van der Waals surface area contributed by atoms with Crippen LogP contribution >= 0.6 is 15.9 Å². The second-order valence-electron chi connectivity index (χ2n) is 6.62. The molecule has 0 saturated carbocycles. The molecule has 29 heavy (non-hydrogen) atoms. The summed E-state index contributed by atoms with van der Waals surface area (Å²) in [5, 5.41) is 5.63. The predicted octanol–water partition coefficient (Wildman–Crippen LogP) is 5.34. The minimum Gasteiger partial charge on any atom is -0.483 e. The van der Waals surface area contributed by atoms with Crippen molar-refractivity contribution in [3.05, 3.63) is 87.9 Å². The first-order valence-electron chi connectivity index (χ1n) is 9.08. The van der Waals surface area contributed by atoms with Gasteiger partial charge in [0.1, 0.15) is 5.75 Å². The average Bonchev–Trinajstić information content (AvgIpc) is 2.69. The van der Waals surface area contributed by atoms with Gasteiger partial charge >= 0.3 is 0 Å². The molecule has 0 heterocycles. The highest BCUT2D eigenvalue weighted by Crippen LogP contribution is 2.25. The van der Waals surface area contributed by atoms with Gasteiger partial charge in [0.05, 0.1) is 4.47 Å². The number of ether oxygens (including phenoxy) is 1. The molecule has 0 aromatic heterocycles. The van der Waals surface area contributed by atoms with Crippen LogP contribution in [0.25, 0.3) is 0 Å². The number of hydrogen-bond donors (Lipinski definition) is 2. The lowest BCUT2D eigenvalue weighted by molar-refractivity contribution is -0.118. The zero-order valence-corrected chi connectivity index (χ0v) is 17.7. The molecule has 6 heteroatoms. The molecule has 5 nitrogen and oxygen atoms in total. The van der Waals surface area contributed by atoms with Crippen molar-refractivity contribution >= 4 is 39.1 Å². The summed E-state index contributed by atoms with van der Waals surface area (Å²) >= 11 is 3.42. The van der Waals surface area contributed by atoms with Gasteiger partial charge in [-0.2, -0.15) is 0 Å². The van der Waals surface area contributed by atoms with Crippen molar-refractivity contribution < 1.29 is 14.3 Å². The number of rotatable bonds is 6. The highest BCUT2D eigenvalue weighted by Gasteiger charge is 2.09. The Hall–Kier alpha value is -3.12. The largest absolute Gasteiger partial charge is 0.483 e. The van der Waals surface area contributed by atoms with Gasteiger partial charge in [0.15, 0.2) is 6.61 Å². The van der Waals surface area contributed by atoms with E-state index >= 15 is 0 Å². The minimum absolute atomic E-state index is 0.104. The van der Waals surface area contributed by atoms with Crippen molar-refractivity contribution in [3.8, 4) is 5.75 Å². The summed E-state index contributed by atoms with van der Waals surface area (Å²) in [6, 6.07) is 20.0. The summed E-state index contributed by atoms with van der Waals surface area (Å²) in [5.74, 6) is 0.172. The van der Waals surface area contributed by atoms with E-state index in [0.29, 0.717) is 22.7 Å². The van der Waals surface area contributed by atoms with Crippen LogP contribution in [-0.4, -0.2) is 18.4 Å². The predicted molar refractivity (Wildman–Crippen MR) is 119 cm³/mol. The van der Waals surface area contributed by atoms with Crippen molar-refractivity contribution in [2.45, 2.75) is 13.8 Å². The number of benzene rings is 3. The number of amides is 2. The van der Waals surface area contributed by atoms with E-state index in [0.717, 1.165) is 15.6 Å². The van der Waals surface area contributed by atoms with E-state index in [1.807, 2.05) is 50.2 Å². The SMILES string of the molecule is Cc1ccc(OCC(=O)Nc2ccc(NC(=O)c3ccccc3C)cc2)c(Br)c1. The molecule has 0 saturated heterocycles. The second-order valence-corrected chi connectivity index (χ2v) is 7.47. The normalized spacial score (nSPS) is 10.3. The first-order valence-corrected chi connectivity index (χ1v) is 9.87. The molecule has 0 bridgehead atoms. The van der Waals surface area contributed by atoms with Gasteiger partial charge in [0, 0.05) is 16.9 Å². The zero-order valence-electron chi connectivity index (χ0n) is 16.2. The molecule has 3 aromatic rings. The van der Waals surface area contributed by atoms with Gasteiger partial charge in [-0.15, -0.1) is 0 Å². The molecular formula is C23H21BrN2O3. The number of aryl methyl sites for hydroxylation is 2. The quantitative estimate of drug-likeness (QED) is 0.530. The highest BCUT2D eigenvalue weighted by molar-refractivity contribution is 9.10. The Balaban J connectivity index is 1.54. The van der Waals surface area contributed by atoms with E-state index in [4.69, 9.17) is 4.74 Å². The lowest BCUT2D eigenvalue weighted by Crippen LogP contribution is -2.20. The van der Waals surface area contributed by atoms with Crippen LogP contribution in [0.5, 0.6) is 5.75 Å². The van der Waals surface area contributed by atoms with E-state index < -0.39 is 0 Å². The third-order valence-electron chi connectivity index (χ3n) is 4.26. The maximum Gasteiger partial charge on any atom is 0.262 e. The average molecular weight is 453 g/mol. The van der Waals surface area contributed by atoms with Crippen LogP contribution in [0.2, 0.25) is 0 Å². The number of halogens is 1. The van der Waals surface area contributed by atoms with E-state index in [1.165, 1.54) is 0 Å². The molecule has 0 unspecified atom stereocenters. The molecule has 0 fully saturated rings. The molecule has 0 spiro atoms. The standard InChI is InChI=1S/C23H21BrN2O3/c1-15-7-12-21(20(24)13-15)29-14-22(27)25-17-8-10-18(11-9-17)26-23(28)19-6-4-3-5-16(19)2/h3-13H,14H2,1-2H3,(H,25,27)(H,26,28). The number of hydrogen-bond acceptors (Lipinski definition) is 3. The molecule has 0 aliphatic carbocycles. The molecule has 148 valence electrons. The van der Waals surface area contributed by atoms with E-state index in [1.54, 1.807) is 30.3 Å². The van der Waals surface area contributed by atoms with Gasteiger partial charge in [0.2, 0.25) is 0 Å². The highest BCUT2D eigenvalue weighted by atomic mass is 79.9. The lowest BCUT2D eigenvalue weighted by atomic mass is 10.1. The number of nitrogens with one attached hydrogen (secondary N) is 2. The Kier molecular flexibility index (Phi) is 6.67. The molecular weight excluding hydrogens is 432 g/mol. The smallest absolute Gasteiger partial charge is 0.262 e. The molecule has 0 aliphatic rings. The minimum atomic E-state index is -0.269. The first-order chi connectivity index (χ1) is 13.9. The van der Waals surface area contributed by atoms with Gasteiger partial charge in [-0.25, -0.2) is 0 Å². The Morgan fingerprint density at radius 2 is 1.55 bits per heavy atom. The molecule has 0 atom stereocenters. The summed E-state index contributed by atoms with van der Waals surface area (Å²) in [6.45, 7) is 3.77. The maximum absolute atomic E-state index is 12.4. The molecule has 2 N–H and O–H groups in total. The van der Waals surface area contributed by atoms with Crippen molar-refractivity contribution in [1.29, 1.82) is 0 Å². The third kappa shape index (κ3) is 5.68. The third-order valence-corrected chi connectivity index (χ3v) is 4.88. The van der Waals surface area contributed by atoms with Crippen molar-refractivity contribution in [2.75, 3.05) is 17.2 Å². The van der Waals surface area contributed by atoms with Gasteiger partial charge in [0.25, 0.3) is 11.8 Å². The van der Waals surface area contributed by atoms with Crippen LogP contribution in [0.4, 0.5) is 11.4 Å². The van der Waals surface area contributed by atoms with Crippen LogP contribution in [0, 0.1) is 13.8 Å². The van der Waals surface area contributed by atoms with E-state index in [2.05, 4.69) is 26.6 Å². The molecule has 3 aromatic carbocycles. The Labute approximate surface area is 178 Å². The number of anilines is 2. The lowest BCUT2D eigenvalue weighted by Gasteiger charge is -2.11. The van der Waals surface area contributed by atoms with Crippen LogP contribution in [0.1, 0.15) is 21.5 Å². The molecule has 2 amide bonds. The Morgan fingerprint density at radius 1 is 0.897 bits per heavy atom. The number of carbonyl (C=O) groups is 2. The number of carbonyl (C=O) groups excluding carboxylic acids is 2. The van der Waals surface area contributed by atoms with Crippen LogP contribution in [0.3, 0.4) is 0 Å². The van der Waals surface area contributed by atoms with Crippen molar-refractivity contribution in [2.24, 2.45) is 0 Å². The summed E-state index contributed by atoms with van der Waals surface area (Å²) in [4.78, 5) is 24.5. The van der Waals surface area contributed by atoms with Gasteiger partial charge in [-0.05, 0) is 83.4 Å². The summed E-state index contributed by atoms with van der Waals surface area (Å²) in [5.41, 5.74) is 3.91. The van der Waals surface area contributed by atoms with Gasteiger partial charge < -0.3 is 15.4 Å². The van der Waals surface area contributed by atoms with Crippen LogP contribution < -0.4 is 15.4 Å². The fourth-order valence-corrected chi connectivity index (χ4v) is 3.33. The van der Waals surface area contributed by atoms with Gasteiger partial charge in [-0.3, -0.25) is 9.59 Å². The van der Waals surface area contributed by atoms with Crippen LogP contribution in [0.15, 0.2) is 71.2 Å². The topological polar surface area (TPSA) is 67.4 Å². The summed E-state index contributed by atoms with van der Waals surface area (Å²) < 4.78 is 6.35. The fourth-order valence-electron chi connectivity index (χ4n) is 2.73. The Morgan fingerprint density at radius 3 is 2.21 bits per heavy atom. The summed E-state index contributed by atoms with van der Waals surface area (Å²) in [6.07, 6.45) is 0. The van der Waals surface area contributed by atoms with E-state index in [-0.39, 0.29) is 18.4 Å². The van der Waals surface area contributed by atoms with Crippen molar-refractivity contribution in [1.82, 2.24) is 0 Å². The molecule has 0 radical (unpaired) electrons. The van der Waals surface area contributed by atoms with Crippen LogP contribution in [-0.2, 0) is 4.79 Å². The Bertz CT molecular complexity index is 1030. The monoisotopic (exact) mass is 452 g/mol. The maximum atomic E-state index is 12.4. The first kappa shape index (κ1) is 20.6. The molecule has 3 rings (SSSR count). The fraction of sp³-hybridized carbons (Fsp3) is 0.130. The zero-order chi connectivity index (χ0) is 20.8. The van der Waals surface area contributed by atoms with Gasteiger partial charge in [-0.1, -0.05) is 24.3 Å². The second kappa shape index (κ2) is 9.39. The summed E-state index contributed by atoms with van der Waals surface area (Å²) in [7, 11) is 0.